The van der Waals surface area contributed by atoms with E-state index in [0.29, 0.717) is 0 Å². The van der Waals surface area contributed by atoms with Gasteiger partial charge in [-0.15, -0.1) is 0 Å². The van der Waals surface area contributed by atoms with Gasteiger partial charge in [-0.25, -0.2) is 12.8 Å². The van der Waals surface area contributed by atoms with E-state index in [-0.39, 0.29) is 53.1 Å². The van der Waals surface area contributed by atoms with E-state index in [1.807, 2.05) is 0 Å². The summed E-state index contributed by atoms with van der Waals surface area (Å²) in [6.07, 6.45) is -2.19. The van der Waals surface area contributed by atoms with E-state index in [1.54, 1.807) is 5.32 Å². The molecule has 0 aliphatic carbocycles. The third-order valence-electron chi connectivity index (χ3n) is 5.17. The minimum absolute atomic E-state index is 0.00788. The van der Waals surface area contributed by atoms with E-state index < -0.39 is 50.5 Å². The summed E-state index contributed by atoms with van der Waals surface area (Å²) in [4.78, 5) is 27.1. The Morgan fingerprint density at radius 3 is 2.39 bits per heavy atom. The number of benzene rings is 1. The topological polar surface area (TPSA) is 134 Å². The minimum Gasteiger partial charge on any atom is -0.344 e. The maximum Gasteiger partial charge on any atom is 0.315 e. The standard InChI is InChI=1S/C20H20ClF3N4O6S2/c21-16-9-15(3-4-17(16)22)28(36(33,34)27-5-7-35(31,32)8-6-27)12-14-2-1-13(10-25-14)18(29)11-26-20(30)19(23)24/h1-4,9-10,19H,5-8,11-12H2,(H,26,30). The van der Waals surface area contributed by atoms with Crippen molar-refractivity contribution in [1.29, 1.82) is 0 Å². The summed E-state index contributed by atoms with van der Waals surface area (Å²) in [5.74, 6) is -3.80. The molecule has 0 radical (unpaired) electrons. The fourth-order valence-electron chi connectivity index (χ4n) is 3.19. The first-order valence-corrected chi connectivity index (χ1v) is 13.9. The van der Waals surface area contributed by atoms with Crippen LogP contribution in [0.25, 0.3) is 0 Å². The number of alkyl halides is 2. The van der Waals surface area contributed by atoms with E-state index in [4.69, 9.17) is 11.6 Å². The molecule has 1 amide bonds. The number of halogens is 4. The second-order valence-corrected chi connectivity index (χ2v) is 12.2. The van der Waals surface area contributed by atoms with Gasteiger partial charge in [0, 0.05) is 24.8 Å². The highest BCUT2D eigenvalue weighted by molar-refractivity contribution is 7.92. The number of sulfone groups is 1. The molecule has 0 bridgehead atoms. The lowest BCUT2D eigenvalue weighted by Gasteiger charge is -2.33. The molecule has 10 nitrogen and oxygen atoms in total. The molecule has 1 aromatic carbocycles. The summed E-state index contributed by atoms with van der Waals surface area (Å²) in [6, 6.07) is 5.84. The van der Waals surface area contributed by atoms with E-state index in [0.717, 1.165) is 26.9 Å². The average molecular weight is 569 g/mol. The number of Topliss-reactive ketones (excluding diaryl/α,β-unsaturated/α-hetero) is 1. The fraction of sp³-hybridized carbons (Fsp3) is 0.350. The summed E-state index contributed by atoms with van der Waals surface area (Å²) in [5, 5.41) is 1.44. The third-order valence-corrected chi connectivity index (χ3v) is 8.99. The van der Waals surface area contributed by atoms with E-state index in [1.165, 1.54) is 18.2 Å². The number of amides is 1. The lowest BCUT2D eigenvalue weighted by atomic mass is 10.1. The minimum atomic E-state index is -4.31. The van der Waals surface area contributed by atoms with Crippen LogP contribution < -0.4 is 9.62 Å². The number of hydrogen-bond donors (Lipinski definition) is 1. The maximum absolute atomic E-state index is 13.7. The molecule has 16 heteroatoms. The second-order valence-electron chi connectivity index (χ2n) is 7.64. The Labute approximate surface area is 210 Å². The van der Waals surface area contributed by atoms with Crippen molar-refractivity contribution in [2.24, 2.45) is 0 Å². The van der Waals surface area contributed by atoms with Gasteiger partial charge in [0.1, 0.15) is 5.82 Å². The molecule has 0 unspecified atom stereocenters. The van der Waals surface area contributed by atoms with Gasteiger partial charge < -0.3 is 5.32 Å². The molecule has 1 saturated heterocycles. The zero-order chi connectivity index (χ0) is 26.7. The molecule has 0 atom stereocenters. The summed E-state index contributed by atoms with van der Waals surface area (Å²) in [7, 11) is -7.69. The number of nitrogens with zero attached hydrogens (tertiary/aromatic N) is 3. The lowest BCUT2D eigenvalue weighted by Crippen LogP contribution is -2.50. The summed E-state index contributed by atoms with van der Waals surface area (Å²) in [6.45, 7) is -1.62. The Hall–Kier alpha value is -2.75. The van der Waals surface area contributed by atoms with Gasteiger partial charge in [-0.3, -0.25) is 18.9 Å². The number of anilines is 1. The molecule has 36 heavy (non-hydrogen) atoms. The van der Waals surface area contributed by atoms with Crippen LogP contribution in [0.4, 0.5) is 18.9 Å². The number of carbonyl (C=O) groups is 2. The van der Waals surface area contributed by atoms with Crippen molar-refractivity contribution >= 4 is 49.0 Å². The summed E-state index contributed by atoms with van der Waals surface area (Å²) < 4.78 is 90.4. The highest BCUT2D eigenvalue weighted by atomic mass is 35.5. The Bertz CT molecular complexity index is 1340. The average Bonchev–Trinajstić information content (AvgIpc) is 2.82. The van der Waals surface area contributed by atoms with Crippen LogP contribution in [0.2, 0.25) is 5.02 Å². The number of rotatable bonds is 9. The molecule has 2 aromatic rings. The Balaban J connectivity index is 1.85. The van der Waals surface area contributed by atoms with Crippen LogP contribution in [0.1, 0.15) is 16.1 Å². The first-order valence-electron chi connectivity index (χ1n) is 10.3. The molecule has 1 N–H and O–H groups in total. The van der Waals surface area contributed by atoms with Crippen LogP contribution >= 0.6 is 11.6 Å². The van der Waals surface area contributed by atoms with E-state index >= 15 is 0 Å². The molecule has 2 heterocycles. The van der Waals surface area contributed by atoms with Gasteiger partial charge in [-0.05, 0) is 30.3 Å². The van der Waals surface area contributed by atoms with Gasteiger partial charge in [0.05, 0.1) is 41.0 Å². The molecule has 3 rings (SSSR count). The van der Waals surface area contributed by atoms with Crippen LogP contribution in [-0.4, -0.2) is 75.4 Å². The lowest BCUT2D eigenvalue weighted by molar-refractivity contribution is -0.131. The second kappa shape index (κ2) is 11.1. The molecule has 0 spiro atoms. The van der Waals surface area contributed by atoms with Crippen LogP contribution in [0.5, 0.6) is 0 Å². The number of hydrogen-bond acceptors (Lipinski definition) is 7. The van der Waals surface area contributed by atoms with Crippen LogP contribution in [-0.2, 0) is 31.4 Å². The molecule has 0 saturated carbocycles. The molecule has 1 aromatic heterocycles. The number of carbonyl (C=O) groups excluding carboxylic acids is 2. The fourth-order valence-corrected chi connectivity index (χ4v) is 6.39. The largest absolute Gasteiger partial charge is 0.344 e. The molecule has 196 valence electrons. The van der Waals surface area contributed by atoms with Gasteiger partial charge >= 0.3 is 16.6 Å². The predicted octanol–water partition coefficient (Wildman–Crippen LogP) is 1.42. The first kappa shape index (κ1) is 27.8. The highest BCUT2D eigenvalue weighted by Crippen LogP contribution is 2.28. The number of pyridine rings is 1. The first-order chi connectivity index (χ1) is 16.8. The van der Waals surface area contributed by atoms with Gasteiger partial charge in [0.25, 0.3) is 5.91 Å². The Kier molecular flexibility index (Phi) is 8.59. The zero-order valence-corrected chi connectivity index (χ0v) is 20.8. The van der Waals surface area contributed by atoms with Crippen LogP contribution in [0, 0.1) is 5.82 Å². The SMILES string of the molecule is O=C(CNC(=O)C(F)F)c1ccc(CN(c2ccc(F)c(Cl)c2)S(=O)(=O)N2CCS(=O)(=O)CC2)nc1. The monoisotopic (exact) mass is 568 g/mol. The van der Waals surface area contributed by atoms with Crippen molar-refractivity contribution < 1.29 is 39.6 Å². The Morgan fingerprint density at radius 2 is 1.83 bits per heavy atom. The highest BCUT2D eigenvalue weighted by Gasteiger charge is 2.35. The smallest absolute Gasteiger partial charge is 0.315 e. The molecule has 1 aliphatic heterocycles. The van der Waals surface area contributed by atoms with Gasteiger partial charge in [-0.2, -0.15) is 21.5 Å². The van der Waals surface area contributed by atoms with Gasteiger partial charge in [0.2, 0.25) is 0 Å². The van der Waals surface area contributed by atoms with Crippen LogP contribution in [0.3, 0.4) is 0 Å². The summed E-state index contributed by atoms with van der Waals surface area (Å²) >= 11 is 5.84. The van der Waals surface area contributed by atoms with Crippen molar-refractivity contribution in [2.45, 2.75) is 13.0 Å². The predicted molar refractivity (Wildman–Crippen MR) is 124 cm³/mol. The normalized spacial score (nSPS) is 16.0. The quantitative estimate of drug-likeness (QED) is 0.452. The molecule has 1 fully saturated rings. The van der Waals surface area contributed by atoms with Crippen molar-refractivity contribution in [3.63, 3.8) is 0 Å². The van der Waals surface area contributed by atoms with Gasteiger partial charge in [-0.1, -0.05) is 11.6 Å². The van der Waals surface area contributed by atoms with Crippen molar-refractivity contribution in [3.05, 3.63) is 58.6 Å². The van der Waals surface area contributed by atoms with Crippen LogP contribution in [0.15, 0.2) is 36.5 Å². The maximum atomic E-state index is 13.7. The Morgan fingerprint density at radius 1 is 1.17 bits per heavy atom. The molecular weight excluding hydrogens is 549 g/mol. The van der Waals surface area contributed by atoms with E-state index in [9.17, 15) is 39.6 Å². The van der Waals surface area contributed by atoms with Crippen molar-refractivity contribution in [1.82, 2.24) is 14.6 Å². The number of ketones is 1. The summed E-state index contributed by atoms with van der Waals surface area (Å²) in [5.41, 5.74) is 0.122. The number of aromatic nitrogens is 1. The molecular formula is C20H20ClF3N4O6S2. The number of nitrogens with one attached hydrogen (secondary N) is 1. The van der Waals surface area contributed by atoms with Gasteiger partial charge in [0.15, 0.2) is 15.6 Å². The van der Waals surface area contributed by atoms with Crippen molar-refractivity contribution in [2.75, 3.05) is 35.4 Å². The zero-order valence-electron chi connectivity index (χ0n) is 18.4. The molecule has 1 aliphatic rings. The van der Waals surface area contributed by atoms with E-state index in [2.05, 4.69) is 4.98 Å². The van der Waals surface area contributed by atoms with Crippen molar-refractivity contribution in [3.8, 4) is 0 Å². The third kappa shape index (κ3) is 6.72.